The first-order valence-electron chi connectivity index (χ1n) is 11.3. The van der Waals surface area contributed by atoms with Crippen molar-refractivity contribution in [1.29, 1.82) is 0 Å². The second kappa shape index (κ2) is 8.15. The van der Waals surface area contributed by atoms with Gasteiger partial charge in [0.25, 0.3) is 0 Å². The van der Waals surface area contributed by atoms with E-state index in [2.05, 4.69) is 30.2 Å². The Bertz CT molecular complexity index is 811. The minimum absolute atomic E-state index is 0.0251. The number of ether oxygens (including phenoxy) is 4. The Balaban J connectivity index is 1.50. The number of methoxy groups -OCH3 is 1. The quantitative estimate of drug-likeness (QED) is 0.380. The molecule has 0 saturated carbocycles. The number of unbranched alkanes of at least 4 members (excludes halogenated alkanes) is 2. The second-order valence-corrected chi connectivity index (χ2v) is 9.09. The predicted octanol–water partition coefficient (Wildman–Crippen LogP) is 2.66. The predicted molar refractivity (Wildman–Crippen MR) is 113 cm³/mol. The van der Waals surface area contributed by atoms with Gasteiger partial charge in [-0.3, -0.25) is 0 Å². The van der Waals surface area contributed by atoms with Gasteiger partial charge >= 0.3 is 0 Å². The van der Waals surface area contributed by atoms with Crippen LogP contribution in [0.15, 0.2) is 24.3 Å². The average molecular weight is 416 g/mol. The van der Waals surface area contributed by atoms with Crippen molar-refractivity contribution < 1.29 is 24.1 Å². The van der Waals surface area contributed by atoms with E-state index in [1.807, 2.05) is 6.07 Å². The molecule has 5 rings (SSSR count). The lowest BCUT2D eigenvalue weighted by Crippen LogP contribution is -2.65. The van der Waals surface area contributed by atoms with Gasteiger partial charge in [-0.1, -0.05) is 18.2 Å². The highest BCUT2D eigenvalue weighted by Gasteiger charge is 2.64. The zero-order valence-corrected chi connectivity index (χ0v) is 18.0. The maximum absolute atomic E-state index is 9.01. The van der Waals surface area contributed by atoms with E-state index in [9.17, 15) is 0 Å². The normalized spacial score (nSPS) is 33.3. The third kappa shape index (κ3) is 3.00. The summed E-state index contributed by atoms with van der Waals surface area (Å²) >= 11 is 0. The van der Waals surface area contributed by atoms with E-state index in [1.165, 1.54) is 11.1 Å². The molecular weight excluding hydrogens is 382 g/mol. The van der Waals surface area contributed by atoms with Crippen LogP contribution >= 0.6 is 0 Å². The molecule has 1 aromatic carbocycles. The largest absolute Gasteiger partial charge is 0.482 e. The Morgan fingerprint density at radius 3 is 2.97 bits per heavy atom. The van der Waals surface area contributed by atoms with Crippen molar-refractivity contribution in [2.24, 2.45) is 5.92 Å². The molecule has 1 spiro atoms. The number of piperidine rings is 1. The molecule has 2 heterocycles. The highest BCUT2D eigenvalue weighted by molar-refractivity contribution is 5.62. The number of hydrogen-bond acceptors (Lipinski definition) is 6. The molecule has 1 unspecified atom stereocenters. The SMILES string of the molecule is COCOc1ccc2c3c1O[C@H]1C(OCCCCCO)C=C[C@H]4[C@@H](C2)N(C)CC[C@]314. The summed E-state index contributed by atoms with van der Waals surface area (Å²) in [7, 11) is 3.89. The highest BCUT2D eigenvalue weighted by atomic mass is 16.7. The maximum atomic E-state index is 9.01. The summed E-state index contributed by atoms with van der Waals surface area (Å²) in [6.07, 6.45) is 9.44. The summed E-state index contributed by atoms with van der Waals surface area (Å²) in [4.78, 5) is 2.52. The molecule has 2 bridgehead atoms. The lowest BCUT2D eigenvalue weighted by Gasteiger charge is -2.56. The summed E-state index contributed by atoms with van der Waals surface area (Å²) in [5.41, 5.74) is 2.70. The summed E-state index contributed by atoms with van der Waals surface area (Å²) in [5, 5.41) is 9.01. The van der Waals surface area contributed by atoms with E-state index in [1.54, 1.807) is 7.11 Å². The zero-order chi connectivity index (χ0) is 20.7. The molecule has 2 aliphatic carbocycles. The third-order valence-electron chi connectivity index (χ3n) is 7.56. The van der Waals surface area contributed by atoms with Crippen molar-refractivity contribution in [3.63, 3.8) is 0 Å². The number of nitrogens with zero attached hydrogens (tertiary/aromatic N) is 1. The Morgan fingerprint density at radius 2 is 2.13 bits per heavy atom. The van der Waals surface area contributed by atoms with Gasteiger partial charge in [-0.25, -0.2) is 0 Å². The molecule has 0 radical (unpaired) electrons. The number of rotatable bonds is 9. The van der Waals surface area contributed by atoms with Crippen LogP contribution in [0.1, 0.15) is 36.8 Å². The fourth-order valence-electron chi connectivity index (χ4n) is 6.20. The number of aliphatic hydroxyl groups excluding tert-OH is 1. The van der Waals surface area contributed by atoms with Crippen molar-refractivity contribution in [1.82, 2.24) is 4.90 Å². The number of likely N-dealkylation sites (N-methyl/N-ethyl adjacent to an activating group) is 1. The number of hydrogen-bond donors (Lipinski definition) is 1. The standard InChI is InChI=1S/C24H33NO5/c1-25-11-10-24-17-7-9-20(28-13-5-3-4-12-26)23(24)30-22-19(29-15-27-2)8-6-16(21(22)24)14-18(17)25/h6-9,17-18,20,23,26H,3-5,10-15H2,1-2H3/t17-,18+,20?,23-,24-/m0/s1. The summed E-state index contributed by atoms with van der Waals surface area (Å²) < 4.78 is 24.1. The van der Waals surface area contributed by atoms with Crippen LogP contribution in [0.5, 0.6) is 11.5 Å². The topological polar surface area (TPSA) is 60.4 Å². The van der Waals surface area contributed by atoms with Crippen LogP contribution in [0.4, 0.5) is 0 Å². The molecule has 164 valence electrons. The average Bonchev–Trinajstić information content (AvgIpc) is 3.11. The Kier molecular flexibility index (Phi) is 5.52. The fraction of sp³-hybridized carbons (Fsp3) is 0.667. The molecule has 5 atom stereocenters. The second-order valence-electron chi connectivity index (χ2n) is 9.09. The van der Waals surface area contributed by atoms with Crippen LogP contribution in [0.2, 0.25) is 0 Å². The first-order chi connectivity index (χ1) is 14.7. The molecule has 6 heteroatoms. The molecule has 6 nitrogen and oxygen atoms in total. The molecule has 1 aromatic rings. The van der Waals surface area contributed by atoms with Crippen molar-refractivity contribution in [3.8, 4) is 11.5 Å². The molecule has 1 saturated heterocycles. The summed E-state index contributed by atoms with van der Waals surface area (Å²) in [6, 6.07) is 4.76. The van der Waals surface area contributed by atoms with Crippen LogP contribution in [0.25, 0.3) is 0 Å². The van der Waals surface area contributed by atoms with Gasteiger partial charge < -0.3 is 29.0 Å². The van der Waals surface area contributed by atoms with Crippen molar-refractivity contribution in [2.75, 3.05) is 40.7 Å². The number of likely N-dealkylation sites (tertiary alicyclic amines) is 1. The van der Waals surface area contributed by atoms with E-state index in [-0.39, 0.29) is 31.0 Å². The van der Waals surface area contributed by atoms with E-state index in [4.69, 9.17) is 24.1 Å². The van der Waals surface area contributed by atoms with Gasteiger partial charge in [-0.05, 0) is 57.3 Å². The van der Waals surface area contributed by atoms with Gasteiger partial charge in [0, 0.05) is 43.3 Å². The molecule has 2 aliphatic heterocycles. The molecule has 1 fully saturated rings. The first-order valence-corrected chi connectivity index (χ1v) is 11.3. The van der Waals surface area contributed by atoms with Crippen LogP contribution in [0, 0.1) is 5.92 Å². The third-order valence-corrected chi connectivity index (χ3v) is 7.56. The van der Waals surface area contributed by atoms with E-state index < -0.39 is 0 Å². The molecule has 0 amide bonds. The van der Waals surface area contributed by atoms with Gasteiger partial charge in [-0.2, -0.15) is 0 Å². The van der Waals surface area contributed by atoms with Gasteiger partial charge in [0.2, 0.25) is 0 Å². The van der Waals surface area contributed by atoms with Crippen LogP contribution in [-0.4, -0.2) is 69.0 Å². The first kappa shape index (κ1) is 20.3. The molecule has 0 aromatic heterocycles. The van der Waals surface area contributed by atoms with Gasteiger partial charge in [0.05, 0.1) is 0 Å². The van der Waals surface area contributed by atoms with Crippen LogP contribution < -0.4 is 9.47 Å². The lowest BCUT2D eigenvalue weighted by atomic mass is 9.53. The van der Waals surface area contributed by atoms with Crippen molar-refractivity contribution in [3.05, 3.63) is 35.4 Å². The zero-order valence-electron chi connectivity index (χ0n) is 18.0. The van der Waals surface area contributed by atoms with Crippen LogP contribution in [-0.2, 0) is 21.3 Å². The maximum Gasteiger partial charge on any atom is 0.188 e. The molecule has 1 N–H and O–H groups in total. The fourth-order valence-corrected chi connectivity index (χ4v) is 6.20. The Morgan fingerprint density at radius 1 is 1.23 bits per heavy atom. The molecule has 4 aliphatic rings. The van der Waals surface area contributed by atoms with Crippen molar-refractivity contribution >= 4 is 0 Å². The molecular formula is C24H33NO5. The van der Waals surface area contributed by atoms with E-state index in [0.717, 1.165) is 50.1 Å². The number of aliphatic hydroxyl groups is 1. The van der Waals surface area contributed by atoms with E-state index in [0.29, 0.717) is 18.6 Å². The minimum atomic E-state index is -0.0620. The van der Waals surface area contributed by atoms with Gasteiger partial charge in [-0.15, -0.1) is 0 Å². The van der Waals surface area contributed by atoms with Gasteiger partial charge in [0.1, 0.15) is 12.2 Å². The number of benzene rings is 1. The highest BCUT2D eigenvalue weighted by Crippen LogP contribution is 2.62. The van der Waals surface area contributed by atoms with E-state index >= 15 is 0 Å². The van der Waals surface area contributed by atoms with Crippen LogP contribution in [0.3, 0.4) is 0 Å². The Hall–Kier alpha value is -1.60. The minimum Gasteiger partial charge on any atom is -0.482 e. The smallest absolute Gasteiger partial charge is 0.188 e. The summed E-state index contributed by atoms with van der Waals surface area (Å²) in [6.45, 7) is 2.22. The van der Waals surface area contributed by atoms with Crippen molar-refractivity contribution in [2.45, 2.75) is 55.8 Å². The van der Waals surface area contributed by atoms with Gasteiger partial charge in [0.15, 0.2) is 18.3 Å². The summed E-state index contributed by atoms with van der Waals surface area (Å²) in [5.74, 6) is 2.11. The lowest BCUT2D eigenvalue weighted by molar-refractivity contribution is -0.0715. The molecule has 30 heavy (non-hydrogen) atoms. The Labute approximate surface area is 178 Å². The monoisotopic (exact) mass is 415 g/mol.